The molecule has 0 bridgehead atoms. The predicted molar refractivity (Wildman–Crippen MR) is 106 cm³/mol. The van der Waals surface area contributed by atoms with Crippen molar-refractivity contribution < 1.29 is 23.6 Å². The van der Waals surface area contributed by atoms with Crippen LogP contribution in [-0.4, -0.2) is 35.2 Å². The summed E-state index contributed by atoms with van der Waals surface area (Å²) in [7, 11) is 0. The van der Waals surface area contributed by atoms with E-state index < -0.39 is 5.97 Å². The molecule has 0 aliphatic rings. The molecule has 3 rings (SSSR count). The quantitative estimate of drug-likeness (QED) is 0.582. The first-order chi connectivity index (χ1) is 14.1. The zero-order valence-electron chi connectivity index (χ0n) is 16.2. The standard InChI is InChI=1S/C21H21N3O5/c1-3-18-23-20(29-24-18)15-6-5-7-17(12-15)28-13-19(25)22-16-10-8-14(9-11-16)21(26)27-4-2/h5-12H,3-4,13H2,1-2H3,(H,22,25). The monoisotopic (exact) mass is 395 g/mol. The Morgan fingerprint density at radius 3 is 2.59 bits per heavy atom. The first kappa shape index (κ1) is 20.1. The molecule has 0 atom stereocenters. The summed E-state index contributed by atoms with van der Waals surface area (Å²) in [4.78, 5) is 28.1. The van der Waals surface area contributed by atoms with Crippen LogP contribution in [0.15, 0.2) is 53.1 Å². The van der Waals surface area contributed by atoms with E-state index in [0.29, 0.717) is 47.3 Å². The molecular weight excluding hydrogens is 374 g/mol. The van der Waals surface area contributed by atoms with Gasteiger partial charge in [0.05, 0.1) is 12.2 Å². The molecule has 1 N–H and O–H groups in total. The molecule has 0 unspecified atom stereocenters. The van der Waals surface area contributed by atoms with Crippen molar-refractivity contribution in [1.82, 2.24) is 10.1 Å². The van der Waals surface area contributed by atoms with Gasteiger partial charge in [-0.25, -0.2) is 4.79 Å². The lowest BCUT2D eigenvalue weighted by Gasteiger charge is -2.09. The van der Waals surface area contributed by atoms with Crippen LogP contribution in [0.3, 0.4) is 0 Å². The van der Waals surface area contributed by atoms with Gasteiger partial charge >= 0.3 is 5.97 Å². The van der Waals surface area contributed by atoms with Crippen LogP contribution in [0.2, 0.25) is 0 Å². The maximum Gasteiger partial charge on any atom is 0.338 e. The van der Waals surface area contributed by atoms with Gasteiger partial charge in [0, 0.05) is 17.7 Å². The van der Waals surface area contributed by atoms with Gasteiger partial charge in [-0.05, 0) is 49.4 Å². The third kappa shape index (κ3) is 5.41. The second kappa shape index (κ2) is 9.50. The van der Waals surface area contributed by atoms with Gasteiger partial charge in [0.1, 0.15) is 5.75 Å². The van der Waals surface area contributed by atoms with E-state index >= 15 is 0 Å². The van der Waals surface area contributed by atoms with Crippen molar-refractivity contribution in [2.75, 3.05) is 18.5 Å². The number of nitrogens with one attached hydrogen (secondary N) is 1. The summed E-state index contributed by atoms with van der Waals surface area (Å²) in [5, 5.41) is 6.58. The number of nitrogens with zero attached hydrogens (tertiary/aromatic N) is 2. The lowest BCUT2D eigenvalue weighted by Crippen LogP contribution is -2.20. The minimum Gasteiger partial charge on any atom is -0.484 e. The first-order valence-corrected chi connectivity index (χ1v) is 9.22. The number of rotatable bonds is 8. The number of benzene rings is 2. The highest BCUT2D eigenvalue weighted by Gasteiger charge is 2.10. The fraction of sp³-hybridized carbons (Fsp3) is 0.238. The number of ether oxygens (including phenoxy) is 2. The smallest absolute Gasteiger partial charge is 0.338 e. The summed E-state index contributed by atoms with van der Waals surface area (Å²) in [6.07, 6.45) is 0.681. The maximum atomic E-state index is 12.1. The van der Waals surface area contributed by atoms with E-state index in [1.165, 1.54) is 0 Å². The average molecular weight is 395 g/mol. The molecule has 0 aliphatic carbocycles. The predicted octanol–water partition coefficient (Wildman–Crippen LogP) is 3.49. The van der Waals surface area contributed by atoms with Crippen LogP contribution >= 0.6 is 0 Å². The molecule has 0 saturated carbocycles. The Morgan fingerprint density at radius 1 is 1.10 bits per heavy atom. The van der Waals surface area contributed by atoms with Crippen LogP contribution in [-0.2, 0) is 16.0 Å². The fourth-order valence-electron chi connectivity index (χ4n) is 2.48. The second-order valence-corrected chi connectivity index (χ2v) is 6.03. The molecule has 8 nitrogen and oxygen atoms in total. The SMILES string of the molecule is CCOC(=O)c1ccc(NC(=O)COc2cccc(-c3nc(CC)no3)c2)cc1. The normalized spacial score (nSPS) is 10.4. The van der Waals surface area contributed by atoms with Crippen LogP contribution in [0.5, 0.6) is 5.75 Å². The average Bonchev–Trinajstić information content (AvgIpc) is 3.23. The molecular formula is C21H21N3O5. The molecule has 0 fully saturated rings. The zero-order chi connectivity index (χ0) is 20.6. The number of aromatic nitrogens is 2. The second-order valence-electron chi connectivity index (χ2n) is 6.03. The molecule has 2 aromatic carbocycles. The van der Waals surface area contributed by atoms with Gasteiger partial charge in [-0.15, -0.1) is 0 Å². The van der Waals surface area contributed by atoms with Gasteiger partial charge in [0.2, 0.25) is 0 Å². The summed E-state index contributed by atoms with van der Waals surface area (Å²) in [5.41, 5.74) is 1.69. The number of carbonyl (C=O) groups excluding carboxylic acids is 2. The molecule has 150 valence electrons. The van der Waals surface area contributed by atoms with E-state index in [2.05, 4.69) is 15.5 Å². The molecule has 0 radical (unpaired) electrons. The minimum absolute atomic E-state index is 0.173. The van der Waals surface area contributed by atoms with Crippen LogP contribution in [0.1, 0.15) is 30.0 Å². The number of aryl methyl sites for hydroxylation is 1. The molecule has 1 amide bonds. The van der Waals surface area contributed by atoms with Crippen molar-refractivity contribution in [1.29, 1.82) is 0 Å². The minimum atomic E-state index is -0.402. The number of carbonyl (C=O) groups is 2. The van der Waals surface area contributed by atoms with Crippen molar-refractivity contribution >= 4 is 17.6 Å². The molecule has 0 saturated heterocycles. The van der Waals surface area contributed by atoms with Crippen LogP contribution in [0.4, 0.5) is 5.69 Å². The Bertz CT molecular complexity index is 982. The van der Waals surface area contributed by atoms with Gasteiger partial charge < -0.3 is 19.3 Å². The van der Waals surface area contributed by atoms with Crippen molar-refractivity contribution in [3.8, 4) is 17.2 Å². The van der Waals surface area contributed by atoms with E-state index in [4.69, 9.17) is 14.0 Å². The van der Waals surface area contributed by atoms with Gasteiger partial charge in [0.15, 0.2) is 12.4 Å². The number of esters is 1. The highest BCUT2D eigenvalue weighted by molar-refractivity contribution is 5.93. The summed E-state index contributed by atoms with van der Waals surface area (Å²) in [6.45, 7) is 3.82. The van der Waals surface area contributed by atoms with E-state index in [1.54, 1.807) is 49.4 Å². The van der Waals surface area contributed by atoms with Gasteiger partial charge in [0.25, 0.3) is 11.8 Å². The van der Waals surface area contributed by atoms with Crippen LogP contribution in [0, 0.1) is 0 Å². The largest absolute Gasteiger partial charge is 0.484 e. The maximum absolute atomic E-state index is 12.1. The number of hydrogen-bond acceptors (Lipinski definition) is 7. The summed E-state index contributed by atoms with van der Waals surface area (Å²) < 4.78 is 15.7. The Balaban J connectivity index is 1.55. The lowest BCUT2D eigenvalue weighted by atomic mass is 10.2. The van der Waals surface area contributed by atoms with Gasteiger partial charge in [-0.3, -0.25) is 4.79 Å². The molecule has 1 heterocycles. The van der Waals surface area contributed by atoms with E-state index in [1.807, 2.05) is 13.0 Å². The molecule has 0 aliphatic heterocycles. The highest BCUT2D eigenvalue weighted by atomic mass is 16.5. The Kier molecular flexibility index (Phi) is 6.57. The van der Waals surface area contributed by atoms with Crippen molar-refractivity contribution in [3.05, 3.63) is 59.9 Å². The van der Waals surface area contributed by atoms with Gasteiger partial charge in [-0.2, -0.15) is 4.98 Å². The molecule has 29 heavy (non-hydrogen) atoms. The number of anilines is 1. The topological polar surface area (TPSA) is 104 Å². The Morgan fingerprint density at radius 2 is 1.90 bits per heavy atom. The van der Waals surface area contributed by atoms with E-state index in [0.717, 1.165) is 0 Å². The summed E-state index contributed by atoms with van der Waals surface area (Å²) in [5.74, 6) is 0.802. The van der Waals surface area contributed by atoms with Crippen molar-refractivity contribution in [2.24, 2.45) is 0 Å². The summed E-state index contributed by atoms with van der Waals surface area (Å²) in [6, 6.07) is 13.5. The third-order valence-corrected chi connectivity index (χ3v) is 3.92. The van der Waals surface area contributed by atoms with E-state index in [9.17, 15) is 9.59 Å². The first-order valence-electron chi connectivity index (χ1n) is 9.22. The number of amides is 1. The molecule has 1 aromatic heterocycles. The fourth-order valence-corrected chi connectivity index (χ4v) is 2.48. The van der Waals surface area contributed by atoms with Crippen LogP contribution < -0.4 is 10.1 Å². The van der Waals surface area contributed by atoms with Crippen LogP contribution in [0.25, 0.3) is 11.5 Å². The van der Waals surface area contributed by atoms with E-state index in [-0.39, 0.29) is 12.5 Å². The Hall–Kier alpha value is -3.68. The Labute approximate surface area is 167 Å². The number of hydrogen-bond donors (Lipinski definition) is 1. The molecule has 8 heteroatoms. The lowest BCUT2D eigenvalue weighted by molar-refractivity contribution is -0.118. The van der Waals surface area contributed by atoms with Crippen molar-refractivity contribution in [2.45, 2.75) is 20.3 Å². The third-order valence-electron chi connectivity index (χ3n) is 3.92. The van der Waals surface area contributed by atoms with Crippen molar-refractivity contribution in [3.63, 3.8) is 0 Å². The zero-order valence-corrected chi connectivity index (χ0v) is 16.2. The summed E-state index contributed by atoms with van der Waals surface area (Å²) >= 11 is 0. The molecule has 0 spiro atoms. The van der Waals surface area contributed by atoms with Gasteiger partial charge in [-0.1, -0.05) is 18.1 Å². The highest BCUT2D eigenvalue weighted by Crippen LogP contribution is 2.22. The molecule has 3 aromatic rings.